The molecule has 2 aliphatic rings. The van der Waals surface area contributed by atoms with Gasteiger partial charge in [0, 0.05) is 39.0 Å². The molecular weight excluding hydrogens is 424 g/mol. The summed E-state index contributed by atoms with van der Waals surface area (Å²) in [4.78, 5) is 29.8. The lowest BCUT2D eigenvalue weighted by atomic mass is 9.91. The van der Waals surface area contributed by atoms with E-state index in [1.807, 2.05) is 24.3 Å². The Morgan fingerprint density at radius 1 is 1.15 bits per heavy atom. The van der Waals surface area contributed by atoms with E-state index in [9.17, 15) is 19.8 Å². The molecule has 1 aromatic heterocycles. The molecule has 2 aromatic rings. The summed E-state index contributed by atoms with van der Waals surface area (Å²) in [6, 6.07) is 10.4. The van der Waals surface area contributed by atoms with Gasteiger partial charge in [0.25, 0.3) is 5.91 Å². The Morgan fingerprint density at radius 2 is 1.91 bits per heavy atom. The third-order valence-electron chi connectivity index (χ3n) is 6.39. The maximum absolute atomic E-state index is 12.5. The third-order valence-corrected chi connectivity index (χ3v) is 6.39. The van der Waals surface area contributed by atoms with Crippen LogP contribution in [0, 0.1) is 5.92 Å². The summed E-state index contributed by atoms with van der Waals surface area (Å²) in [5.74, 6) is 0.897. The molecule has 0 aliphatic carbocycles. The van der Waals surface area contributed by atoms with Crippen molar-refractivity contribution in [3.05, 3.63) is 59.3 Å². The first-order chi connectivity index (χ1) is 16.0. The monoisotopic (exact) mass is 454 g/mol. The van der Waals surface area contributed by atoms with Gasteiger partial charge in [-0.3, -0.25) is 9.69 Å². The number of nitrogens with one attached hydrogen (secondary N) is 2. The summed E-state index contributed by atoms with van der Waals surface area (Å²) in [6.45, 7) is 2.57. The highest BCUT2D eigenvalue weighted by Crippen LogP contribution is 2.25. The molecule has 4 rings (SSSR count). The predicted octanol–water partition coefficient (Wildman–Crippen LogP) is 2.12. The number of aliphatic hydroxyl groups is 1. The van der Waals surface area contributed by atoms with Gasteiger partial charge in [-0.25, -0.2) is 9.78 Å². The van der Waals surface area contributed by atoms with Gasteiger partial charge in [0.1, 0.15) is 5.82 Å². The second-order valence-electron chi connectivity index (χ2n) is 8.60. The van der Waals surface area contributed by atoms with E-state index in [2.05, 4.69) is 15.6 Å². The van der Waals surface area contributed by atoms with E-state index < -0.39 is 18.2 Å². The number of rotatable bonds is 7. The SMILES string of the molecule is O=C(NC[C@@H](O)C1Cc2ccccc2CN1C(=O)O)c1ccc(NCC2CCOCC2)nc1. The van der Waals surface area contributed by atoms with Crippen LogP contribution < -0.4 is 10.6 Å². The average molecular weight is 455 g/mol. The normalized spacial score (nSPS) is 19.4. The number of amides is 2. The highest BCUT2D eigenvalue weighted by molar-refractivity contribution is 5.94. The molecule has 1 unspecified atom stereocenters. The minimum absolute atomic E-state index is 0.0563. The Morgan fingerprint density at radius 3 is 2.61 bits per heavy atom. The standard InChI is InChI=1S/C24H30N4O5/c29-21(20-11-17-3-1-2-4-19(17)15-28(20)24(31)32)14-27-23(30)18-5-6-22(26-13-18)25-12-16-7-9-33-10-8-16/h1-6,13,16,20-21,29H,7-12,14-15H2,(H,25,26)(H,27,30)(H,31,32)/t20?,21-/m1/s1. The largest absolute Gasteiger partial charge is 0.465 e. The molecule has 1 saturated heterocycles. The van der Waals surface area contributed by atoms with Crippen LogP contribution in [0.4, 0.5) is 10.6 Å². The van der Waals surface area contributed by atoms with Crippen LogP contribution in [0.2, 0.25) is 0 Å². The van der Waals surface area contributed by atoms with E-state index in [1.54, 1.807) is 12.1 Å². The van der Waals surface area contributed by atoms with Crippen molar-refractivity contribution in [3.8, 4) is 0 Å². The lowest BCUT2D eigenvalue weighted by molar-refractivity contribution is 0.0382. The summed E-state index contributed by atoms with van der Waals surface area (Å²) in [6.07, 6.45) is 1.83. The number of aromatic nitrogens is 1. The highest BCUT2D eigenvalue weighted by Gasteiger charge is 2.34. The van der Waals surface area contributed by atoms with Gasteiger partial charge in [-0.2, -0.15) is 0 Å². The third kappa shape index (κ3) is 5.80. The molecule has 1 aromatic carbocycles. The minimum atomic E-state index is -1.09. The number of anilines is 1. The zero-order valence-corrected chi connectivity index (χ0v) is 18.4. The maximum atomic E-state index is 12.5. The van der Waals surface area contributed by atoms with Crippen molar-refractivity contribution >= 4 is 17.8 Å². The molecule has 2 aliphatic heterocycles. The number of carbonyl (C=O) groups is 2. The van der Waals surface area contributed by atoms with Crippen molar-refractivity contribution in [1.29, 1.82) is 0 Å². The second-order valence-corrected chi connectivity index (χ2v) is 8.60. The lowest BCUT2D eigenvalue weighted by Crippen LogP contribution is -2.53. The fourth-order valence-electron chi connectivity index (χ4n) is 4.37. The van der Waals surface area contributed by atoms with Crippen LogP contribution in [-0.2, 0) is 17.7 Å². The summed E-state index contributed by atoms with van der Waals surface area (Å²) in [5, 5.41) is 26.3. The Kier molecular flexibility index (Phi) is 7.41. The van der Waals surface area contributed by atoms with Crippen LogP contribution in [0.5, 0.6) is 0 Å². The minimum Gasteiger partial charge on any atom is -0.465 e. The summed E-state index contributed by atoms with van der Waals surface area (Å²) >= 11 is 0. The smallest absolute Gasteiger partial charge is 0.407 e. The number of hydrogen-bond donors (Lipinski definition) is 4. The summed E-state index contributed by atoms with van der Waals surface area (Å²) in [5.41, 5.74) is 2.32. The van der Waals surface area contributed by atoms with Crippen LogP contribution in [0.15, 0.2) is 42.6 Å². The molecule has 2 amide bonds. The van der Waals surface area contributed by atoms with Gasteiger partial charge in [0.2, 0.25) is 0 Å². The molecule has 9 heteroatoms. The number of carboxylic acid groups (broad SMARTS) is 1. The Balaban J connectivity index is 1.30. The average Bonchev–Trinajstić information content (AvgIpc) is 2.86. The number of aliphatic hydroxyl groups excluding tert-OH is 1. The van der Waals surface area contributed by atoms with Gasteiger partial charge in [-0.15, -0.1) is 0 Å². The van der Waals surface area contributed by atoms with Crippen molar-refractivity contribution in [3.63, 3.8) is 0 Å². The number of pyridine rings is 1. The number of carbonyl (C=O) groups excluding carboxylic acids is 1. The molecule has 0 bridgehead atoms. The van der Waals surface area contributed by atoms with E-state index in [4.69, 9.17) is 4.74 Å². The first-order valence-corrected chi connectivity index (χ1v) is 11.3. The van der Waals surface area contributed by atoms with Crippen LogP contribution in [0.3, 0.4) is 0 Å². The second kappa shape index (κ2) is 10.6. The fraction of sp³-hybridized carbons (Fsp3) is 0.458. The van der Waals surface area contributed by atoms with Gasteiger partial charge in [-0.05, 0) is 48.4 Å². The Labute approximate surface area is 192 Å². The Bertz CT molecular complexity index is 962. The van der Waals surface area contributed by atoms with E-state index in [0.29, 0.717) is 23.7 Å². The van der Waals surface area contributed by atoms with Gasteiger partial charge < -0.3 is 25.6 Å². The molecule has 0 saturated carbocycles. The van der Waals surface area contributed by atoms with E-state index in [-0.39, 0.29) is 19.0 Å². The van der Waals surface area contributed by atoms with Gasteiger partial charge >= 0.3 is 6.09 Å². The zero-order valence-electron chi connectivity index (χ0n) is 18.4. The first kappa shape index (κ1) is 23.0. The number of nitrogens with zero attached hydrogens (tertiary/aromatic N) is 2. The van der Waals surface area contributed by atoms with Crippen molar-refractivity contribution in [2.45, 2.75) is 38.0 Å². The lowest BCUT2D eigenvalue weighted by Gasteiger charge is -2.37. The van der Waals surface area contributed by atoms with Gasteiger partial charge in [0.15, 0.2) is 0 Å². The van der Waals surface area contributed by atoms with Crippen molar-refractivity contribution in [2.24, 2.45) is 5.92 Å². The molecule has 0 spiro atoms. The highest BCUT2D eigenvalue weighted by atomic mass is 16.5. The molecule has 176 valence electrons. The van der Waals surface area contributed by atoms with Gasteiger partial charge in [0.05, 0.1) is 17.7 Å². The van der Waals surface area contributed by atoms with Gasteiger partial charge in [-0.1, -0.05) is 24.3 Å². The number of hydrogen-bond acceptors (Lipinski definition) is 6. The van der Waals surface area contributed by atoms with Crippen LogP contribution in [-0.4, -0.2) is 70.5 Å². The molecule has 4 N–H and O–H groups in total. The quantitative estimate of drug-likeness (QED) is 0.505. The molecule has 3 heterocycles. The van der Waals surface area contributed by atoms with Crippen LogP contribution in [0.1, 0.15) is 34.3 Å². The number of ether oxygens (including phenoxy) is 1. The number of benzene rings is 1. The maximum Gasteiger partial charge on any atom is 0.407 e. The summed E-state index contributed by atoms with van der Waals surface area (Å²) < 4.78 is 5.37. The molecular formula is C24H30N4O5. The van der Waals surface area contributed by atoms with Crippen LogP contribution >= 0.6 is 0 Å². The first-order valence-electron chi connectivity index (χ1n) is 11.3. The van der Waals surface area contributed by atoms with E-state index in [1.165, 1.54) is 11.1 Å². The fourth-order valence-corrected chi connectivity index (χ4v) is 4.37. The Hall–Kier alpha value is -3.17. The molecule has 0 radical (unpaired) electrons. The van der Waals surface area contributed by atoms with Crippen molar-refractivity contribution < 1.29 is 24.5 Å². The molecule has 33 heavy (non-hydrogen) atoms. The van der Waals surface area contributed by atoms with E-state index in [0.717, 1.165) is 43.7 Å². The summed E-state index contributed by atoms with van der Waals surface area (Å²) in [7, 11) is 0. The number of fused-ring (bicyclic) bond motifs is 1. The van der Waals surface area contributed by atoms with E-state index >= 15 is 0 Å². The zero-order chi connectivity index (χ0) is 23.2. The topological polar surface area (TPSA) is 124 Å². The molecule has 9 nitrogen and oxygen atoms in total. The van der Waals surface area contributed by atoms with Crippen molar-refractivity contribution in [2.75, 3.05) is 31.6 Å². The molecule has 1 fully saturated rings. The van der Waals surface area contributed by atoms with Crippen LogP contribution in [0.25, 0.3) is 0 Å². The van der Waals surface area contributed by atoms with Crippen molar-refractivity contribution in [1.82, 2.24) is 15.2 Å². The predicted molar refractivity (Wildman–Crippen MR) is 122 cm³/mol. The molecule has 2 atom stereocenters.